The Morgan fingerprint density at radius 1 is 1.09 bits per heavy atom. The molecule has 3 heterocycles. The van der Waals surface area contributed by atoms with Gasteiger partial charge < -0.3 is 24.6 Å². The Kier molecular flexibility index (Phi) is 5.20. The van der Waals surface area contributed by atoms with E-state index in [0.717, 1.165) is 23.4 Å². The molecule has 8 heteroatoms. The first kappa shape index (κ1) is 20.4. The standard InChI is InChI=1S/C24H25N3O5/c1-2-22(28)26-8-7-15-11-18(4-5-19(15)26)27-14-16(12-23(27)29)24(30)25-17-3-6-20-21(13-17)32-10-9-31-20/h3-6,11,13,16H,2,7-10,12,14H2,1H3,(H,25,30)/t16-/m1/s1. The van der Waals surface area contributed by atoms with Crippen LogP contribution in [0.5, 0.6) is 11.5 Å². The summed E-state index contributed by atoms with van der Waals surface area (Å²) in [7, 11) is 0. The second-order valence-corrected chi connectivity index (χ2v) is 8.22. The number of hydrogen-bond acceptors (Lipinski definition) is 5. The minimum absolute atomic E-state index is 0.0771. The number of hydrogen-bond donors (Lipinski definition) is 1. The molecule has 0 aromatic heterocycles. The van der Waals surface area contributed by atoms with Gasteiger partial charge in [0.2, 0.25) is 17.7 Å². The van der Waals surface area contributed by atoms with E-state index in [0.29, 0.717) is 49.9 Å². The van der Waals surface area contributed by atoms with Gasteiger partial charge in [-0.15, -0.1) is 0 Å². The van der Waals surface area contributed by atoms with E-state index in [1.165, 1.54) is 0 Å². The van der Waals surface area contributed by atoms with Crippen LogP contribution in [0.3, 0.4) is 0 Å². The zero-order chi connectivity index (χ0) is 22.2. The molecular weight excluding hydrogens is 410 g/mol. The summed E-state index contributed by atoms with van der Waals surface area (Å²) >= 11 is 0. The molecule has 3 aliphatic heterocycles. The van der Waals surface area contributed by atoms with Crippen molar-refractivity contribution < 1.29 is 23.9 Å². The highest BCUT2D eigenvalue weighted by atomic mass is 16.6. The molecule has 32 heavy (non-hydrogen) atoms. The van der Waals surface area contributed by atoms with Crippen LogP contribution in [0, 0.1) is 5.92 Å². The average Bonchev–Trinajstić information content (AvgIpc) is 3.41. The summed E-state index contributed by atoms with van der Waals surface area (Å²) in [6, 6.07) is 11.0. The molecule has 0 spiro atoms. The van der Waals surface area contributed by atoms with Crippen molar-refractivity contribution >= 4 is 34.8 Å². The maximum absolute atomic E-state index is 12.8. The van der Waals surface area contributed by atoms with Crippen LogP contribution in [0.25, 0.3) is 0 Å². The maximum Gasteiger partial charge on any atom is 0.229 e. The Morgan fingerprint density at radius 3 is 2.72 bits per heavy atom. The van der Waals surface area contributed by atoms with Crippen molar-refractivity contribution in [3.05, 3.63) is 42.0 Å². The fraction of sp³-hybridized carbons (Fsp3) is 0.375. The van der Waals surface area contributed by atoms with Crippen LogP contribution in [0.4, 0.5) is 17.1 Å². The van der Waals surface area contributed by atoms with Gasteiger partial charge in [0.25, 0.3) is 0 Å². The summed E-state index contributed by atoms with van der Waals surface area (Å²) in [5, 5.41) is 2.90. The second kappa shape index (κ2) is 8.18. The van der Waals surface area contributed by atoms with E-state index in [4.69, 9.17) is 9.47 Å². The molecule has 3 aliphatic rings. The first-order valence-electron chi connectivity index (χ1n) is 11.0. The first-order valence-corrected chi connectivity index (χ1v) is 11.0. The summed E-state index contributed by atoms with van der Waals surface area (Å²) in [6.07, 6.45) is 1.39. The van der Waals surface area contributed by atoms with E-state index in [1.807, 2.05) is 25.1 Å². The van der Waals surface area contributed by atoms with Gasteiger partial charge in [-0.1, -0.05) is 6.92 Å². The molecule has 0 unspecified atom stereocenters. The molecule has 5 rings (SSSR count). The SMILES string of the molecule is CCC(=O)N1CCc2cc(N3C[C@H](C(=O)Nc4ccc5c(c4)OCCO5)CC3=O)ccc21. The molecule has 166 valence electrons. The predicted molar refractivity (Wildman–Crippen MR) is 119 cm³/mol. The Labute approximate surface area is 186 Å². The normalized spacial score (nSPS) is 19.2. The van der Waals surface area contributed by atoms with Gasteiger partial charge in [0.1, 0.15) is 13.2 Å². The van der Waals surface area contributed by atoms with Crippen LogP contribution >= 0.6 is 0 Å². The van der Waals surface area contributed by atoms with Crippen molar-refractivity contribution in [3.8, 4) is 11.5 Å². The van der Waals surface area contributed by atoms with E-state index in [9.17, 15) is 14.4 Å². The number of fused-ring (bicyclic) bond motifs is 2. The Balaban J connectivity index is 1.27. The zero-order valence-electron chi connectivity index (χ0n) is 17.9. The number of carbonyl (C=O) groups is 3. The zero-order valence-corrected chi connectivity index (χ0v) is 17.9. The molecule has 0 aliphatic carbocycles. The Morgan fingerprint density at radius 2 is 1.91 bits per heavy atom. The van der Waals surface area contributed by atoms with Gasteiger partial charge in [-0.05, 0) is 42.3 Å². The minimum Gasteiger partial charge on any atom is -0.486 e. The lowest BCUT2D eigenvalue weighted by Gasteiger charge is -2.20. The van der Waals surface area contributed by atoms with Crippen molar-refractivity contribution in [2.45, 2.75) is 26.2 Å². The van der Waals surface area contributed by atoms with Crippen LogP contribution in [-0.4, -0.2) is 44.0 Å². The van der Waals surface area contributed by atoms with Gasteiger partial charge in [0.15, 0.2) is 11.5 Å². The molecule has 0 bridgehead atoms. The monoisotopic (exact) mass is 435 g/mol. The summed E-state index contributed by atoms with van der Waals surface area (Å²) < 4.78 is 11.1. The molecule has 1 fully saturated rings. The number of ether oxygens (including phenoxy) is 2. The van der Waals surface area contributed by atoms with Crippen LogP contribution in [0.2, 0.25) is 0 Å². The third-order valence-electron chi connectivity index (χ3n) is 6.18. The highest BCUT2D eigenvalue weighted by Gasteiger charge is 2.36. The summed E-state index contributed by atoms with van der Waals surface area (Å²) in [4.78, 5) is 41.1. The molecule has 2 aromatic carbocycles. The number of anilines is 3. The molecule has 3 amide bonds. The highest BCUT2D eigenvalue weighted by Crippen LogP contribution is 2.35. The van der Waals surface area contributed by atoms with Crippen molar-refractivity contribution in [2.24, 2.45) is 5.92 Å². The predicted octanol–water partition coefficient (Wildman–Crippen LogP) is 2.75. The van der Waals surface area contributed by atoms with E-state index < -0.39 is 5.92 Å². The van der Waals surface area contributed by atoms with E-state index in [-0.39, 0.29) is 24.1 Å². The largest absolute Gasteiger partial charge is 0.486 e. The van der Waals surface area contributed by atoms with Gasteiger partial charge in [-0.25, -0.2) is 0 Å². The van der Waals surface area contributed by atoms with Crippen molar-refractivity contribution in [1.82, 2.24) is 0 Å². The third kappa shape index (κ3) is 3.66. The van der Waals surface area contributed by atoms with Gasteiger partial charge >= 0.3 is 0 Å². The molecule has 2 aromatic rings. The summed E-state index contributed by atoms with van der Waals surface area (Å²) in [6.45, 7) is 3.83. The third-order valence-corrected chi connectivity index (χ3v) is 6.18. The van der Waals surface area contributed by atoms with Gasteiger partial charge in [-0.2, -0.15) is 0 Å². The number of nitrogens with zero attached hydrogens (tertiary/aromatic N) is 2. The van der Waals surface area contributed by atoms with Gasteiger partial charge in [0.05, 0.1) is 5.92 Å². The molecule has 1 N–H and O–H groups in total. The fourth-order valence-electron chi connectivity index (χ4n) is 4.50. The first-order chi connectivity index (χ1) is 15.5. The van der Waals surface area contributed by atoms with Crippen LogP contribution in [0.1, 0.15) is 25.3 Å². The highest BCUT2D eigenvalue weighted by molar-refractivity contribution is 6.04. The number of carbonyl (C=O) groups excluding carboxylic acids is 3. The minimum atomic E-state index is -0.442. The van der Waals surface area contributed by atoms with Crippen LogP contribution in [-0.2, 0) is 20.8 Å². The van der Waals surface area contributed by atoms with Gasteiger partial charge in [0, 0.05) is 49.1 Å². The number of nitrogens with one attached hydrogen (secondary N) is 1. The lowest BCUT2D eigenvalue weighted by atomic mass is 10.1. The Hall–Kier alpha value is -3.55. The number of benzene rings is 2. The topological polar surface area (TPSA) is 88.2 Å². The van der Waals surface area contributed by atoms with Crippen molar-refractivity contribution in [2.75, 3.05) is 41.4 Å². The number of amides is 3. The Bertz CT molecular complexity index is 1100. The lowest BCUT2D eigenvalue weighted by molar-refractivity contribution is -0.122. The van der Waals surface area contributed by atoms with Crippen LogP contribution < -0.4 is 24.6 Å². The van der Waals surface area contributed by atoms with Crippen LogP contribution in [0.15, 0.2) is 36.4 Å². The molecule has 1 atom stereocenters. The van der Waals surface area contributed by atoms with E-state index in [2.05, 4.69) is 5.32 Å². The molecule has 0 radical (unpaired) electrons. The quantitative estimate of drug-likeness (QED) is 0.798. The molecular formula is C24H25N3O5. The molecule has 0 saturated carbocycles. The second-order valence-electron chi connectivity index (χ2n) is 8.22. The summed E-state index contributed by atoms with van der Waals surface area (Å²) in [5.74, 6) is 0.649. The fourth-order valence-corrected chi connectivity index (χ4v) is 4.50. The van der Waals surface area contributed by atoms with Crippen molar-refractivity contribution in [3.63, 3.8) is 0 Å². The van der Waals surface area contributed by atoms with Crippen molar-refractivity contribution in [1.29, 1.82) is 0 Å². The average molecular weight is 435 g/mol. The maximum atomic E-state index is 12.8. The molecule has 1 saturated heterocycles. The van der Waals surface area contributed by atoms with E-state index >= 15 is 0 Å². The summed E-state index contributed by atoms with van der Waals surface area (Å²) in [5.41, 5.74) is 3.36. The van der Waals surface area contributed by atoms with Gasteiger partial charge in [-0.3, -0.25) is 14.4 Å². The lowest BCUT2D eigenvalue weighted by Crippen LogP contribution is -2.28. The number of rotatable bonds is 4. The molecule has 8 nitrogen and oxygen atoms in total. The smallest absolute Gasteiger partial charge is 0.229 e. The van der Waals surface area contributed by atoms with E-state index in [1.54, 1.807) is 28.0 Å².